The molecular formula is C17H22N4O2. The molecular weight excluding hydrogens is 292 g/mol. The third-order valence-corrected chi connectivity index (χ3v) is 4.20. The summed E-state index contributed by atoms with van der Waals surface area (Å²) in [5, 5.41) is 4.22. The summed E-state index contributed by atoms with van der Waals surface area (Å²) < 4.78 is 7.67. The van der Waals surface area contributed by atoms with Crippen molar-refractivity contribution in [2.24, 2.45) is 7.05 Å². The maximum Gasteiger partial charge on any atom is 0.270 e. The number of nitrogens with one attached hydrogen (secondary N) is 1. The van der Waals surface area contributed by atoms with Crippen molar-refractivity contribution in [3.8, 4) is 0 Å². The van der Waals surface area contributed by atoms with Crippen LogP contribution in [0.3, 0.4) is 0 Å². The summed E-state index contributed by atoms with van der Waals surface area (Å²) in [6, 6.07) is 3.65. The van der Waals surface area contributed by atoms with E-state index in [1.165, 1.54) is 0 Å². The van der Waals surface area contributed by atoms with Gasteiger partial charge in [-0.25, -0.2) is 0 Å². The summed E-state index contributed by atoms with van der Waals surface area (Å²) in [7, 11) is 1.89. The van der Waals surface area contributed by atoms with E-state index in [9.17, 15) is 4.79 Å². The van der Waals surface area contributed by atoms with Crippen LogP contribution in [0, 0.1) is 0 Å². The largest absolute Gasteiger partial charge is 0.372 e. The highest BCUT2D eigenvalue weighted by molar-refractivity contribution is 5.92. The fourth-order valence-corrected chi connectivity index (χ4v) is 3.14. The van der Waals surface area contributed by atoms with Crippen molar-refractivity contribution in [1.29, 1.82) is 0 Å². The molecule has 3 rings (SSSR count). The Kier molecular flexibility index (Phi) is 4.62. The van der Waals surface area contributed by atoms with Gasteiger partial charge in [0.1, 0.15) is 5.69 Å². The van der Waals surface area contributed by atoms with Gasteiger partial charge < -0.3 is 14.6 Å². The lowest BCUT2D eigenvalue weighted by Gasteiger charge is -2.27. The van der Waals surface area contributed by atoms with Crippen molar-refractivity contribution < 1.29 is 9.53 Å². The Morgan fingerprint density at radius 3 is 3.13 bits per heavy atom. The molecule has 2 aromatic rings. The third kappa shape index (κ3) is 3.37. The minimum absolute atomic E-state index is 0.00921. The van der Waals surface area contributed by atoms with Crippen molar-refractivity contribution in [3.05, 3.63) is 54.6 Å². The first-order chi connectivity index (χ1) is 11.2. The fourth-order valence-electron chi connectivity index (χ4n) is 3.14. The molecule has 2 aromatic heterocycles. The Hall–Kier alpha value is -2.34. The number of rotatable bonds is 6. The van der Waals surface area contributed by atoms with Crippen LogP contribution in [0.1, 0.15) is 22.5 Å². The van der Waals surface area contributed by atoms with Crippen LogP contribution < -0.4 is 0 Å². The Labute approximate surface area is 135 Å². The number of H-pyrrole nitrogens is 1. The van der Waals surface area contributed by atoms with Crippen LogP contribution in [0.15, 0.2) is 43.4 Å². The molecule has 1 saturated heterocycles. The van der Waals surface area contributed by atoms with E-state index < -0.39 is 0 Å². The zero-order valence-corrected chi connectivity index (χ0v) is 13.3. The van der Waals surface area contributed by atoms with Crippen LogP contribution in [0.5, 0.6) is 0 Å². The molecule has 0 unspecified atom stereocenters. The summed E-state index contributed by atoms with van der Waals surface area (Å²) in [4.78, 5) is 17.6. The number of nitrogens with zero attached hydrogens (tertiary/aromatic N) is 3. The molecule has 1 N–H and O–H groups in total. The minimum Gasteiger partial charge on any atom is -0.372 e. The molecule has 0 spiro atoms. The smallest absolute Gasteiger partial charge is 0.270 e. The van der Waals surface area contributed by atoms with Crippen molar-refractivity contribution in [2.75, 3.05) is 13.2 Å². The second kappa shape index (κ2) is 6.83. The number of aromatic amines is 1. The van der Waals surface area contributed by atoms with Gasteiger partial charge in [0.25, 0.3) is 5.91 Å². The molecule has 0 aliphatic carbocycles. The third-order valence-electron chi connectivity index (χ3n) is 4.20. The predicted octanol–water partition coefficient (Wildman–Crippen LogP) is 1.78. The zero-order valence-electron chi connectivity index (χ0n) is 13.3. The highest BCUT2D eigenvalue weighted by Gasteiger charge is 2.38. The average Bonchev–Trinajstić information content (AvgIpc) is 3.27. The van der Waals surface area contributed by atoms with E-state index in [0.29, 0.717) is 18.8 Å². The Morgan fingerprint density at radius 2 is 2.48 bits per heavy atom. The van der Waals surface area contributed by atoms with E-state index in [2.05, 4.69) is 16.7 Å². The summed E-state index contributed by atoms with van der Waals surface area (Å²) >= 11 is 0. The quantitative estimate of drug-likeness (QED) is 0.827. The summed E-state index contributed by atoms with van der Waals surface area (Å²) in [5.74, 6) is 0.0218. The van der Waals surface area contributed by atoms with Gasteiger partial charge in [-0.1, -0.05) is 6.08 Å². The first-order valence-corrected chi connectivity index (χ1v) is 7.83. The van der Waals surface area contributed by atoms with E-state index in [4.69, 9.17) is 4.74 Å². The zero-order chi connectivity index (χ0) is 16.2. The minimum atomic E-state index is 0.00921. The number of carbonyl (C=O) groups excluding carboxylic acids is 1. The molecule has 23 heavy (non-hydrogen) atoms. The Balaban J connectivity index is 1.79. The van der Waals surface area contributed by atoms with E-state index >= 15 is 0 Å². The van der Waals surface area contributed by atoms with Gasteiger partial charge >= 0.3 is 0 Å². The van der Waals surface area contributed by atoms with Crippen LogP contribution in [-0.4, -0.2) is 50.9 Å². The Morgan fingerprint density at radius 1 is 1.61 bits per heavy atom. The maximum atomic E-state index is 12.7. The number of hydrogen-bond acceptors (Lipinski definition) is 3. The first kappa shape index (κ1) is 15.6. The highest BCUT2D eigenvalue weighted by Crippen LogP contribution is 2.26. The maximum absolute atomic E-state index is 12.7. The second-order valence-corrected chi connectivity index (χ2v) is 5.83. The van der Waals surface area contributed by atoms with Gasteiger partial charge in [-0.2, -0.15) is 5.10 Å². The van der Waals surface area contributed by atoms with E-state index in [1.807, 2.05) is 30.4 Å². The summed E-state index contributed by atoms with van der Waals surface area (Å²) in [6.07, 6.45) is 8.95. The molecule has 0 saturated carbocycles. The van der Waals surface area contributed by atoms with Gasteiger partial charge in [-0.05, 0) is 30.5 Å². The standard InChI is InChI=1S/C17H22N4O2/c1-3-9-23-16-6-8-21(17(22)14-5-4-7-18-14)15(16)10-13-11-19-20(2)12-13/h3-5,7,11-12,15-16,18H,1,6,8-10H2,2H3/t15-,16-/m1/s1. The number of carbonyl (C=O) groups is 1. The van der Waals surface area contributed by atoms with Crippen molar-refractivity contribution in [1.82, 2.24) is 19.7 Å². The van der Waals surface area contributed by atoms with E-state index in [0.717, 1.165) is 18.4 Å². The lowest BCUT2D eigenvalue weighted by molar-refractivity contribution is 0.0377. The highest BCUT2D eigenvalue weighted by atomic mass is 16.5. The molecule has 0 radical (unpaired) electrons. The molecule has 0 bridgehead atoms. The molecule has 1 fully saturated rings. The van der Waals surface area contributed by atoms with Crippen molar-refractivity contribution in [3.63, 3.8) is 0 Å². The van der Waals surface area contributed by atoms with Crippen LogP contribution in [-0.2, 0) is 18.2 Å². The van der Waals surface area contributed by atoms with Gasteiger partial charge in [0.15, 0.2) is 0 Å². The van der Waals surface area contributed by atoms with E-state index in [1.54, 1.807) is 23.0 Å². The number of ether oxygens (including phenoxy) is 1. The van der Waals surface area contributed by atoms with Crippen molar-refractivity contribution in [2.45, 2.75) is 25.0 Å². The molecule has 3 heterocycles. The van der Waals surface area contributed by atoms with Crippen LogP contribution >= 0.6 is 0 Å². The van der Waals surface area contributed by atoms with Gasteiger partial charge in [-0.15, -0.1) is 6.58 Å². The number of aryl methyl sites for hydroxylation is 1. The second-order valence-electron chi connectivity index (χ2n) is 5.83. The molecule has 2 atom stereocenters. The number of amides is 1. The van der Waals surface area contributed by atoms with Gasteiger partial charge in [0, 0.05) is 26.0 Å². The number of hydrogen-bond donors (Lipinski definition) is 1. The lowest BCUT2D eigenvalue weighted by atomic mass is 10.0. The molecule has 1 aliphatic rings. The molecule has 6 nitrogen and oxygen atoms in total. The average molecular weight is 314 g/mol. The van der Waals surface area contributed by atoms with E-state index in [-0.39, 0.29) is 18.1 Å². The number of likely N-dealkylation sites (tertiary alicyclic amines) is 1. The summed E-state index contributed by atoms with van der Waals surface area (Å²) in [6.45, 7) is 4.90. The van der Waals surface area contributed by atoms with Crippen LogP contribution in [0.2, 0.25) is 0 Å². The first-order valence-electron chi connectivity index (χ1n) is 7.83. The molecule has 0 aromatic carbocycles. The van der Waals surface area contributed by atoms with Gasteiger partial charge in [-0.3, -0.25) is 9.48 Å². The summed E-state index contributed by atoms with van der Waals surface area (Å²) in [5.41, 5.74) is 1.72. The van der Waals surface area contributed by atoms with Crippen LogP contribution in [0.25, 0.3) is 0 Å². The normalized spacial score (nSPS) is 20.8. The predicted molar refractivity (Wildman–Crippen MR) is 87.1 cm³/mol. The fraction of sp³-hybridized carbons (Fsp3) is 0.412. The lowest BCUT2D eigenvalue weighted by Crippen LogP contribution is -2.42. The van der Waals surface area contributed by atoms with Gasteiger partial charge in [0.05, 0.1) is 24.9 Å². The monoisotopic (exact) mass is 314 g/mol. The van der Waals surface area contributed by atoms with Gasteiger partial charge in [0.2, 0.25) is 0 Å². The SMILES string of the molecule is C=CCO[C@@H]1CCN(C(=O)c2ccc[nH]2)[C@@H]1Cc1cnn(C)c1. The number of aromatic nitrogens is 3. The topological polar surface area (TPSA) is 63.1 Å². The molecule has 122 valence electrons. The Bertz CT molecular complexity index is 662. The van der Waals surface area contributed by atoms with Crippen LogP contribution in [0.4, 0.5) is 0 Å². The van der Waals surface area contributed by atoms with Crippen molar-refractivity contribution >= 4 is 5.91 Å². The molecule has 1 aliphatic heterocycles. The molecule has 1 amide bonds. The molecule has 6 heteroatoms.